The number of aliphatic carboxylic acids is 1. The molecule has 2 heterocycles. The molecule has 1 aromatic heterocycles. The molecule has 1 N–H and O–H groups in total. The highest BCUT2D eigenvalue weighted by Crippen LogP contribution is 2.37. The van der Waals surface area contributed by atoms with E-state index in [0.717, 1.165) is 22.3 Å². The fraction of sp³-hybridized carbons (Fsp3) is 0.308. The number of benzene rings is 2. The van der Waals surface area contributed by atoms with Crippen LogP contribution in [0.3, 0.4) is 0 Å². The summed E-state index contributed by atoms with van der Waals surface area (Å²) in [6.45, 7) is 1.00. The molecule has 184 valence electrons. The van der Waals surface area contributed by atoms with Crippen LogP contribution in [0.2, 0.25) is 0 Å². The lowest BCUT2D eigenvalue weighted by Crippen LogP contribution is -2.07. The van der Waals surface area contributed by atoms with Crippen LogP contribution < -0.4 is 14.2 Å². The summed E-state index contributed by atoms with van der Waals surface area (Å²) in [5.41, 5.74) is 3.81. The van der Waals surface area contributed by atoms with Crippen molar-refractivity contribution in [2.75, 3.05) is 25.2 Å². The van der Waals surface area contributed by atoms with Gasteiger partial charge in [-0.15, -0.1) is 0 Å². The largest absolute Gasteiger partial charge is 0.494 e. The fourth-order valence-corrected chi connectivity index (χ4v) is 4.49. The van der Waals surface area contributed by atoms with Crippen LogP contribution >= 0.6 is 0 Å². The lowest BCUT2D eigenvalue weighted by Gasteiger charge is -2.10. The van der Waals surface area contributed by atoms with Gasteiger partial charge in [0.1, 0.15) is 27.9 Å². The average Bonchev–Trinajstić information content (AvgIpc) is 3.22. The topological polar surface area (TPSA) is 112 Å². The van der Waals surface area contributed by atoms with Gasteiger partial charge in [0, 0.05) is 30.0 Å². The third-order valence-electron chi connectivity index (χ3n) is 5.60. The maximum Gasteiger partial charge on any atom is 0.304 e. The van der Waals surface area contributed by atoms with Gasteiger partial charge in [0.2, 0.25) is 5.88 Å². The Kier molecular flexibility index (Phi) is 7.55. The van der Waals surface area contributed by atoms with Crippen LogP contribution in [0.15, 0.2) is 60.8 Å². The molecule has 1 aliphatic rings. The van der Waals surface area contributed by atoms with E-state index in [1.54, 1.807) is 12.3 Å². The van der Waals surface area contributed by atoms with Crippen molar-refractivity contribution in [3.8, 4) is 28.5 Å². The number of carbonyl (C=O) groups is 1. The second-order valence-electron chi connectivity index (χ2n) is 8.51. The van der Waals surface area contributed by atoms with Gasteiger partial charge < -0.3 is 19.3 Å². The number of carboxylic acids is 1. The van der Waals surface area contributed by atoms with E-state index >= 15 is 0 Å². The quantitative estimate of drug-likeness (QED) is 0.394. The summed E-state index contributed by atoms with van der Waals surface area (Å²) in [6.07, 6.45) is 3.32. The number of sulfone groups is 1. The molecule has 9 heteroatoms. The van der Waals surface area contributed by atoms with Crippen LogP contribution in [0.1, 0.15) is 29.9 Å². The molecule has 8 nitrogen and oxygen atoms in total. The van der Waals surface area contributed by atoms with Gasteiger partial charge in [-0.3, -0.25) is 4.79 Å². The van der Waals surface area contributed by atoms with Crippen LogP contribution in [-0.4, -0.2) is 49.7 Å². The van der Waals surface area contributed by atoms with E-state index in [-0.39, 0.29) is 18.1 Å². The smallest absolute Gasteiger partial charge is 0.304 e. The van der Waals surface area contributed by atoms with Gasteiger partial charge >= 0.3 is 5.97 Å². The minimum Gasteiger partial charge on any atom is -0.494 e. The third kappa shape index (κ3) is 6.95. The zero-order valence-corrected chi connectivity index (χ0v) is 20.2. The summed E-state index contributed by atoms with van der Waals surface area (Å²) >= 11 is 0. The molecule has 0 unspecified atom stereocenters. The van der Waals surface area contributed by atoms with Crippen LogP contribution in [0, 0.1) is 0 Å². The molecule has 4 rings (SSSR count). The Morgan fingerprint density at radius 3 is 2.66 bits per heavy atom. The zero-order valence-electron chi connectivity index (χ0n) is 19.3. The third-order valence-corrected chi connectivity index (χ3v) is 6.63. The van der Waals surface area contributed by atoms with E-state index in [9.17, 15) is 13.2 Å². The van der Waals surface area contributed by atoms with Crippen molar-refractivity contribution in [3.63, 3.8) is 0 Å². The van der Waals surface area contributed by atoms with Crippen LogP contribution in [0.4, 0.5) is 0 Å². The summed E-state index contributed by atoms with van der Waals surface area (Å²) in [7, 11) is -2.98. The van der Waals surface area contributed by atoms with Gasteiger partial charge in [0.05, 0.1) is 25.4 Å². The number of carboxylic acid groups (broad SMARTS) is 1. The number of rotatable bonds is 11. The second kappa shape index (κ2) is 10.8. The Bertz CT molecular complexity index is 1290. The molecule has 0 fully saturated rings. The SMILES string of the molecule is CS(=O)(=O)CCCOc1ccc(-c2cccc(COc3cc4c(cn3)[C@H](CC(=O)O)CO4)c2)cc1. The minimum atomic E-state index is -2.98. The van der Waals surface area contributed by atoms with Gasteiger partial charge in [-0.1, -0.05) is 30.3 Å². The van der Waals surface area contributed by atoms with E-state index < -0.39 is 15.8 Å². The van der Waals surface area contributed by atoms with Crippen molar-refractivity contribution >= 4 is 15.8 Å². The van der Waals surface area contributed by atoms with Gasteiger partial charge in [-0.2, -0.15) is 0 Å². The molecule has 0 spiro atoms. The lowest BCUT2D eigenvalue weighted by molar-refractivity contribution is -0.137. The Morgan fingerprint density at radius 1 is 1.11 bits per heavy atom. The summed E-state index contributed by atoms with van der Waals surface area (Å²) in [5, 5.41) is 9.03. The molecule has 35 heavy (non-hydrogen) atoms. The van der Waals surface area contributed by atoms with Crippen molar-refractivity contribution in [1.29, 1.82) is 0 Å². The molecular weight excluding hydrogens is 470 g/mol. The van der Waals surface area contributed by atoms with E-state index in [4.69, 9.17) is 19.3 Å². The molecule has 0 saturated carbocycles. The molecule has 1 atom stereocenters. The molecular formula is C26H27NO7S. The Balaban J connectivity index is 1.34. The van der Waals surface area contributed by atoms with Gasteiger partial charge in [0.15, 0.2) is 0 Å². The first kappa shape index (κ1) is 24.5. The summed E-state index contributed by atoms with van der Waals surface area (Å²) in [4.78, 5) is 15.3. The predicted molar refractivity (Wildman–Crippen MR) is 131 cm³/mol. The van der Waals surface area contributed by atoms with E-state index in [1.807, 2.05) is 48.5 Å². The Hall–Kier alpha value is -3.59. The van der Waals surface area contributed by atoms with Gasteiger partial charge in [-0.25, -0.2) is 13.4 Å². The van der Waals surface area contributed by atoms with Crippen LogP contribution in [0.5, 0.6) is 17.4 Å². The molecule has 3 aromatic rings. The van der Waals surface area contributed by atoms with Crippen molar-refractivity contribution in [2.45, 2.75) is 25.4 Å². The first-order chi connectivity index (χ1) is 16.8. The predicted octanol–water partition coefficient (Wildman–Crippen LogP) is 4.09. The first-order valence-corrected chi connectivity index (χ1v) is 13.3. The summed E-state index contributed by atoms with van der Waals surface area (Å²) in [6, 6.07) is 17.3. The molecule has 0 amide bonds. The fourth-order valence-electron chi connectivity index (χ4n) is 3.85. The molecule has 2 aromatic carbocycles. The van der Waals surface area contributed by atoms with Crippen molar-refractivity contribution in [3.05, 3.63) is 71.9 Å². The number of hydrogen-bond acceptors (Lipinski definition) is 7. The van der Waals surface area contributed by atoms with Crippen LogP contribution in [-0.2, 0) is 21.2 Å². The summed E-state index contributed by atoms with van der Waals surface area (Å²) in [5.74, 6) is 0.788. The lowest BCUT2D eigenvalue weighted by atomic mass is 10.00. The molecule has 0 bridgehead atoms. The number of fused-ring (bicyclic) bond motifs is 1. The maximum absolute atomic E-state index is 11.2. The number of aromatic nitrogens is 1. The zero-order chi connectivity index (χ0) is 24.8. The van der Waals surface area contributed by atoms with Gasteiger partial charge in [-0.05, 0) is 41.3 Å². The maximum atomic E-state index is 11.2. The van der Waals surface area contributed by atoms with E-state index in [2.05, 4.69) is 4.98 Å². The monoisotopic (exact) mass is 497 g/mol. The number of nitrogens with zero attached hydrogens (tertiary/aromatic N) is 1. The second-order valence-corrected chi connectivity index (χ2v) is 10.8. The van der Waals surface area contributed by atoms with E-state index in [0.29, 0.717) is 43.6 Å². The Morgan fingerprint density at radius 2 is 1.91 bits per heavy atom. The van der Waals surface area contributed by atoms with Crippen molar-refractivity contribution < 1.29 is 32.5 Å². The molecule has 0 aliphatic carbocycles. The molecule has 0 saturated heterocycles. The molecule has 0 radical (unpaired) electrons. The highest BCUT2D eigenvalue weighted by atomic mass is 32.2. The summed E-state index contributed by atoms with van der Waals surface area (Å²) < 4.78 is 39.5. The standard InChI is InChI=1S/C26H27NO7S/c1-35(30,31)11-3-10-32-22-8-6-19(7-9-22)20-5-2-4-18(12-20)16-34-25-14-24-23(15-27-25)21(17-33-24)13-26(28)29/h2,4-9,12,14-15,21H,3,10-11,13,16-17H2,1H3,(H,28,29)/t21-/m1/s1. The minimum absolute atomic E-state index is 0.0119. The normalized spacial score (nSPS) is 14.7. The van der Waals surface area contributed by atoms with Crippen LogP contribution in [0.25, 0.3) is 11.1 Å². The highest BCUT2D eigenvalue weighted by molar-refractivity contribution is 7.90. The van der Waals surface area contributed by atoms with Crippen molar-refractivity contribution in [1.82, 2.24) is 4.98 Å². The highest BCUT2D eigenvalue weighted by Gasteiger charge is 2.27. The number of ether oxygens (including phenoxy) is 3. The number of hydrogen-bond donors (Lipinski definition) is 1. The van der Waals surface area contributed by atoms with Gasteiger partial charge in [0.25, 0.3) is 0 Å². The average molecular weight is 498 g/mol. The van der Waals surface area contributed by atoms with E-state index in [1.165, 1.54) is 6.26 Å². The molecule has 1 aliphatic heterocycles. The van der Waals surface area contributed by atoms with Crippen molar-refractivity contribution in [2.24, 2.45) is 0 Å². The first-order valence-electron chi connectivity index (χ1n) is 11.2. The Labute approximate surface area is 204 Å². The number of pyridine rings is 1.